The smallest absolute Gasteiger partial charge is 0.338 e. The quantitative estimate of drug-likeness (QED) is 0.519. The minimum Gasteiger partial charge on any atom is -0.493 e. The molecule has 4 rings (SSSR count). The number of benzene rings is 1. The molecule has 0 fully saturated rings. The molecule has 0 saturated carbocycles. The summed E-state index contributed by atoms with van der Waals surface area (Å²) in [6.07, 6.45) is 3.39. The Bertz CT molecular complexity index is 1410. The van der Waals surface area contributed by atoms with Crippen LogP contribution in [0.4, 0.5) is 0 Å². The van der Waals surface area contributed by atoms with Gasteiger partial charge in [0.1, 0.15) is 0 Å². The number of carbonyl (C=O) groups excluding carboxylic acids is 1. The third-order valence-corrected chi connectivity index (χ3v) is 6.19. The van der Waals surface area contributed by atoms with E-state index in [2.05, 4.69) is 9.98 Å². The van der Waals surface area contributed by atoms with E-state index in [1.165, 1.54) is 23.0 Å². The molecule has 0 spiro atoms. The highest BCUT2D eigenvalue weighted by Gasteiger charge is 2.33. The zero-order valence-corrected chi connectivity index (χ0v) is 19.5. The second kappa shape index (κ2) is 9.41. The van der Waals surface area contributed by atoms with Crippen LogP contribution >= 0.6 is 11.3 Å². The highest BCUT2D eigenvalue weighted by molar-refractivity contribution is 7.07. The topological polar surface area (TPSA) is 92.0 Å². The van der Waals surface area contributed by atoms with Crippen molar-refractivity contribution in [2.24, 2.45) is 4.99 Å². The Hall–Kier alpha value is -3.72. The lowest BCUT2D eigenvalue weighted by Gasteiger charge is -2.25. The van der Waals surface area contributed by atoms with Crippen LogP contribution in [0.3, 0.4) is 0 Å². The highest BCUT2D eigenvalue weighted by Crippen LogP contribution is 2.36. The molecule has 1 unspecified atom stereocenters. The molecule has 3 aromatic rings. The van der Waals surface area contributed by atoms with Gasteiger partial charge in [0.05, 0.1) is 48.4 Å². The molecule has 0 radical (unpaired) electrons. The van der Waals surface area contributed by atoms with Crippen molar-refractivity contribution in [3.63, 3.8) is 0 Å². The summed E-state index contributed by atoms with van der Waals surface area (Å²) in [5.74, 6) is 0.517. The molecule has 1 aliphatic rings. The van der Waals surface area contributed by atoms with E-state index < -0.39 is 12.0 Å². The van der Waals surface area contributed by atoms with Crippen molar-refractivity contribution >= 4 is 23.4 Å². The van der Waals surface area contributed by atoms with Gasteiger partial charge in [0, 0.05) is 6.20 Å². The van der Waals surface area contributed by atoms with Gasteiger partial charge < -0.3 is 14.2 Å². The molecule has 0 bridgehead atoms. The molecule has 2 aromatic heterocycles. The van der Waals surface area contributed by atoms with Gasteiger partial charge in [0.2, 0.25) is 0 Å². The first-order valence-corrected chi connectivity index (χ1v) is 11.1. The van der Waals surface area contributed by atoms with Gasteiger partial charge in [0.15, 0.2) is 16.3 Å². The van der Waals surface area contributed by atoms with Gasteiger partial charge in [0.25, 0.3) is 5.56 Å². The Morgan fingerprint density at radius 3 is 2.64 bits per heavy atom. The number of aromatic nitrogens is 2. The summed E-state index contributed by atoms with van der Waals surface area (Å²) in [4.78, 5) is 35.8. The van der Waals surface area contributed by atoms with Crippen molar-refractivity contribution in [1.82, 2.24) is 9.55 Å². The van der Waals surface area contributed by atoms with E-state index in [1.54, 1.807) is 51.4 Å². The van der Waals surface area contributed by atoms with Gasteiger partial charge in [-0.25, -0.2) is 9.79 Å². The maximum absolute atomic E-state index is 13.5. The van der Waals surface area contributed by atoms with Crippen molar-refractivity contribution in [3.8, 4) is 11.5 Å². The maximum atomic E-state index is 13.5. The fraction of sp³-hybridized carbons (Fsp3) is 0.250. The number of allylic oxidation sites excluding steroid dienone is 1. The van der Waals surface area contributed by atoms with E-state index in [1.807, 2.05) is 18.2 Å². The average molecular weight is 466 g/mol. The SMILES string of the molecule is CCOC(=O)C1=C(C)N=c2sc(=Cc3ccccn3)c(=O)n2C1c1ccc(OC)c(OC)c1. The molecular weight excluding hydrogens is 442 g/mol. The lowest BCUT2D eigenvalue weighted by atomic mass is 9.95. The Labute approximate surface area is 194 Å². The lowest BCUT2D eigenvalue weighted by molar-refractivity contribution is -0.139. The zero-order chi connectivity index (χ0) is 23.5. The maximum Gasteiger partial charge on any atom is 0.338 e. The summed E-state index contributed by atoms with van der Waals surface area (Å²) in [6, 6.07) is 10.1. The highest BCUT2D eigenvalue weighted by atomic mass is 32.1. The number of esters is 1. The number of thiazole rings is 1. The molecule has 1 aromatic carbocycles. The monoisotopic (exact) mass is 465 g/mol. The van der Waals surface area contributed by atoms with Crippen LogP contribution in [-0.4, -0.2) is 36.3 Å². The second-order valence-corrected chi connectivity index (χ2v) is 8.18. The summed E-state index contributed by atoms with van der Waals surface area (Å²) in [5, 5.41) is 0. The number of methoxy groups -OCH3 is 2. The molecular formula is C24H23N3O5S. The molecule has 33 heavy (non-hydrogen) atoms. The molecule has 170 valence electrons. The van der Waals surface area contributed by atoms with E-state index in [0.717, 1.165) is 0 Å². The van der Waals surface area contributed by atoms with E-state index in [-0.39, 0.29) is 12.2 Å². The standard InChI is InChI=1S/C24H23N3O5S/c1-5-32-23(29)20-14(2)26-24-27(21(20)15-9-10-17(30-3)18(12-15)31-4)22(28)19(33-24)13-16-8-6-7-11-25-16/h6-13,21H,5H2,1-4H3. The first kappa shape index (κ1) is 22.5. The Kier molecular flexibility index (Phi) is 6.41. The molecule has 1 atom stereocenters. The first-order chi connectivity index (χ1) is 16.0. The number of carbonyl (C=O) groups is 1. The third kappa shape index (κ3) is 4.19. The first-order valence-electron chi connectivity index (χ1n) is 10.3. The molecule has 0 amide bonds. The third-order valence-electron chi connectivity index (χ3n) is 5.21. The molecule has 8 nitrogen and oxygen atoms in total. The van der Waals surface area contributed by atoms with Gasteiger partial charge in [-0.3, -0.25) is 14.3 Å². The van der Waals surface area contributed by atoms with E-state index >= 15 is 0 Å². The van der Waals surface area contributed by atoms with Crippen LogP contribution in [-0.2, 0) is 9.53 Å². The van der Waals surface area contributed by atoms with Gasteiger partial charge in [-0.05, 0) is 49.8 Å². The van der Waals surface area contributed by atoms with Gasteiger partial charge >= 0.3 is 5.97 Å². The number of fused-ring (bicyclic) bond motifs is 1. The van der Waals surface area contributed by atoms with Crippen LogP contribution in [0.5, 0.6) is 11.5 Å². The fourth-order valence-electron chi connectivity index (χ4n) is 3.73. The average Bonchev–Trinajstić information content (AvgIpc) is 3.12. The Morgan fingerprint density at radius 1 is 1.18 bits per heavy atom. The molecule has 3 heterocycles. The number of rotatable bonds is 6. The lowest BCUT2D eigenvalue weighted by Crippen LogP contribution is -2.40. The van der Waals surface area contributed by atoms with Crippen LogP contribution in [0, 0.1) is 0 Å². The van der Waals surface area contributed by atoms with Crippen LogP contribution in [0.2, 0.25) is 0 Å². The zero-order valence-electron chi connectivity index (χ0n) is 18.7. The Balaban J connectivity index is 1.98. The van der Waals surface area contributed by atoms with E-state index in [0.29, 0.717) is 43.4 Å². The number of hydrogen-bond acceptors (Lipinski definition) is 8. The van der Waals surface area contributed by atoms with E-state index in [4.69, 9.17) is 14.2 Å². The number of ether oxygens (including phenoxy) is 3. The van der Waals surface area contributed by atoms with Crippen molar-refractivity contribution < 1.29 is 19.0 Å². The minimum absolute atomic E-state index is 0.207. The largest absolute Gasteiger partial charge is 0.493 e. The number of nitrogens with zero attached hydrogens (tertiary/aromatic N) is 3. The number of hydrogen-bond donors (Lipinski definition) is 0. The molecule has 0 N–H and O–H groups in total. The van der Waals surface area contributed by atoms with Crippen LogP contribution in [0.25, 0.3) is 6.08 Å². The fourth-order valence-corrected chi connectivity index (χ4v) is 4.76. The van der Waals surface area contributed by atoms with Crippen molar-refractivity contribution in [2.75, 3.05) is 20.8 Å². The van der Waals surface area contributed by atoms with Crippen LogP contribution in [0.1, 0.15) is 31.1 Å². The number of pyridine rings is 1. The second-order valence-electron chi connectivity index (χ2n) is 7.17. The van der Waals surface area contributed by atoms with Crippen molar-refractivity contribution in [1.29, 1.82) is 0 Å². The van der Waals surface area contributed by atoms with Crippen LogP contribution < -0.4 is 24.4 Å². The minimum atomic E-state index is -0.731. The summed E-state index contributed by atoms with van der Waals surface area (Å²) in [6.45, 7) is 3.69. The predicted octanol–water partition coefficient (Wildman–Crippen LogP) is 2.21. The summed E-state index contributed by atoms with van der Waals surface area (Å²) in [5.41, 5.74) is 1.88. The van der Waals surface area contributed by atoms with Crippen LogP contribution in [0.15, 0.2) is 63.7 Å². The summed E-state index contributed by atoms with van der Waals surface area (Å²) >= 11 is 1.25. The Morgan fingerprint density at radius 2 is 1.97 bits per heavy atom. The summed E-state index contributed by atoms with van der Waals surface area (Å²) in [7, 11) is 3.08. The van der Waals surface area contributed by atoms with Crippen molar-refractivity contribution in [2.45, 2.75) is 19.9 Å². The van der Waals surface area contributed by atoms with Gasteiger partial charge in [-0.2, -0.15) is 0 Å². The molecule has 1 aliphatic heterocycles. The predicted molar refractivity (Wildman–Crippen MR) is 124 cm³/mol. The molecule has 0 saturated heterocycles. The molecule has 0 aliphatic carbocycles. The van der Waals surface area contributed by atoms with Gasteiger partial charge in [-0.15, -0.1) is 0 Å². The van der Waals surface area contributed by atoms with Crippen molar-refractivity contribution in [3.05, 3.63) is 84.8 Å². The normalized spacial score (nSPS) is 15.6. The van der Waals surface area contributed by atoms with Gasteiger partial charge in [-0.1, -0.05) is 23.5 Å². The molecule has 9 heteroatoms. The summed E-state index contributed by atoms with van der Waals surface area (Å²) < 4.78 is 18.1. The van der Waals surface area contributed by atoms with E-state index in [9.17, 15) is 9.59 Å².